The molecule has 0 aliphatic rings. The molecule has 4 heteroatoms. The standard InChI is InChI=1S/C11H17NO2S/c1-7(5-13)15-6-10-4-12-9(3)11(14)8(10)2/h4,7,13-14H,5-6H2,1-3H3. The summed E-state index contributed by atoms with van der Waals surface area (Å²) in [5.74, 6) is 1.05. The van der Waals surface area contributed by atoms with E-state index in [-0.39, 0.29) is 17.6 Å². The maximum absolute atomic E-state index is 9.69. The second kappa shape index (κ2) is 5.37. The third kappa shape index (κ3) is 3.11. The lowest BCUT2D eigenvalue weighted by molar-refractivity contribution is 0.300. The molecule has 1 atom stereocenters. The molecule has 0 saturated carbocycles. The van der Waals surface area contributed by atoms with Crippen LogP contribution in [0.4, 0.5) is 0 Å². The topological polar surface area (TPSA) is 53.4 Å². The van der Waals surface area contributed by atoms with Gasteiger partial charge in [0, 0.05) is 17.2 Å². The Labute approximate surface area is 94.6 Å². The third-order valence-corrected chi connectivity index (χ3v) is 3.57. The summed E-state index contributed by atoms with van der Waals surface area (Å²) in [5.41, 5.74) is 2.58. The van der Waals surface area contributed by atoms with Crippen LogP contribution in [0.3, 0.4) is 0 Å². The van der Waals surface area contributed by atoms with E-state index in [1.165, 1.54) is 0 Å². The first kappa shape index (κ1) is 12.3. The molecule has 15 heavy (non-hydrogen) atoms. The molecule has 1 heterocycles. The highest BCUT2D eigenvalue weighted by atomic mass is 32.2. The molecule has 0 amide bonds. The zero-order valence-electron chi connectivity index (χ0n) is 9.32. The Morgan fingerprint density at radius 3 is 2.73 bits per heavy atom. The lowest BCUT2D eigenvalue weighted by Crippen LogP contribution is -2.03. The summed E-state index contributed by atoms with van der Waals surface area (Å²) in [5, 5.41) is 18.8. The normalized spacial score (nSPS) is 12.8. The minimum atomic E-state index is 0.176. The average Bonchev–Trinajstić information content (AvgIpc) is 2.24. The minimum absolute atomic E-state index is 0.176. The zero-order valence-corrected chi connectivity index (χ0v) is 10.1. The number of aliphatic hydroxyl groups excluding tert-OH is 1. The lowest BCUT2D eigenvalue weighted by atomic mass is 10.1. The van der Waals surface area contributed by atoms with Crippen LogP contribution in [0.2, 0.25) is 0 Å². The monoisotopic (exact) mass is 227 g/mol. The number of aliphatic hydroxyl groups is 1. The van der Waals surface area contributed by atoms with Crippen molar-refractivity contribution in [2.75, 3.05) is 6.61 Å². The number of nitrogens with zero attached hydrogens (tertiary/aromatic N) is 1. The molecule has 0 spiro atoms. The molecule has 84 valence electrons. The van der Waals surface area contributed by atoms with E-state index in [9.17, 15) is 5.11 Å². The Kier molecular flexibility index (Phi) is 4.42. The summed E-state index contributed by atoms with van der Waals surface area (Å²) < 4.78 is 0. The fourth-order valence-corrected chi connectivity index (χ4v) is 2.05. The van der Waals surface area contributed by atoms with E-state index in [1.54, 1.807) is 24.9 Å². The first-order valence-corrected chi connectivity index (χ1v) is 5.97. The van der Waals surface area contributed by atoms with Crippen LogP contribution in [-0.4, -0.2) is 27.1 Å². The fourth-order valence-electron chi connectivity index (χ4n) is 1.19. The molecule has 0 fully saturated rings. The molecule has 0 aliphatic heterocycles. The van der Waals surface area contributed by atoms with Crippen LogP contribution in [0.25, 0.3) is 0 Å². The number of hydrogen-bond donors (Lipinski definition) is 2. The maximum Gasteiger partial charge on any atom is 0.139 e. The van der Waals surface area contributed by atoms with Gasteiger partial charge in [0.15, 0.2) is 0 Å². The van der Waals surface area contributed by atoms with Crippen molar-refractivity contribution in [3.63, 3.8) is 0 Å². The van der Waals surface area contributed by atoms with Crippen LogP contribution in [-0.2, 0) is 5.75 Å². The van der Waals surface area contributed by atoms with Crippen LogP contribution in [0.5, 0.6) is 5.75 Å². The highest BCUT2D eigenvalue weighted by Gasteiger charge is 2.08. The van der Waals surface area contributed by atoms with E-state index < -0.39 is 0 Å². The van der Waals surface area contributed by atoms with Crippen LogP contribution >= 0.6 is 11.8 Å². The number of aryl methyl sites for hydroxylation is 1. The number of aromatic hydroxyl groups is 1. The summed E-state index contributed by atoms with van der Waals surface area (Å²) in [6, 6.07) is 0. The SMILES string of the molecule is Cc1ncc(CSC(C)CO)c(C)c1O. The van der Waals surface area contributed by atoms with Crippen LogP contribution in [0.1, 0.15) is 23.7 Å². The van der Waals surface area contributed by atoms with Crippen molar-refractivity contribution < 1.29 is 10.2 Å². The van der Waals surface area contributed by atoms with E-state index in [2.05, 4.69) is 4.98 Å². The fraction of sp³-hybridized carbons (Fsp3) is 0.545. The van der Waals surface area contributed by atoms with Crippen molar-refractivity contribution in [2.45, 2.75) is 31.8 Å². The molecular formula is C11H17NO2S. The number of hydrogen-bond acceptors (Lipinski definition) is 4. The molecule has 1 aromatic heterocycles. The summed E-state index contributed by atoms with van der Waals surface area (Å²) in [6.45, 7) is 5.83. The van der Waals surface area contributed by atoms with E-state index in [4.69, 9.17) is 5.11 Å². The summed E-state index contributed by atoms with van der Waals surface area (Å²) >= 11 is 1.66. The first-order chi connectivity index (χ1) is 7.06. The second-order valence-corrected chi connectivity index (χ2v) is 5.07. The molecule has 2 N–H and O–H groups in total. The van der Waals surface area contributed by atoms with Crippen LogP contribution < -0.4 is 0 Å². The number of aromatic nitrogens is 1. The second-order valence-electron chi connectivity index (χ2n) is 3.65. The van der Waals surface area contributed by atoms with E-state index in [0.717, 1.165) is 16.9 Å². The predicted octanol–water partition coefficient (Wildman–Crippen LogP) is 2.02. The number of thioether (sulfide) groups is 1. The van der Waals surface area contributed by atoms with Crippen LogP contribution in [0.15, 0.2) is 6.20 Å². The summed E-state index contributed by atoms with van der Waals surface area (Å²) in [7, 11) is 0. The average molecular weight is 227 g/mol. The molecule has 0 bridgehead atoms. The molecule has 3 nitrogen and oxygen atoms in total. The van der Waals surface area contributed by atoms with E-state index in [0.29, 0.717) is 5.69 Å². The van der Waals surface area contributed by atoms with Gasteiger partial charge >= 0.3 is 0 Å². The first-order valence-electron chi connectivity index (χ1n) is 4.92. The van der Waals surface area contributed by atoms with Gasteiger partial charge in [-0.2, -0.15) is 11.8 Å². The van der Waals surface area contributed by atoms with Gasteiger partial charge in [0.1, 0.15) is 5.75 Å². The molecule has 0 saturated heterocycles. The van der Waals surface area contributed by atoms with Gasteiger partial charge in [-0.05, 0) is 25.0 Å². The van der Waals surface area contributed by atoms with Gasteiger partial charge in [-0.1, -0.05) is 6.92 Å². The minimum Gasteiger partial charge on any atom is -0.506 e. The van der Waals surface area contributed by atoms with Crippen LogP contribution in [0, 0.1) is 13.8 Å². The Morgan fingerprint density at radius 2 is 2.13 bits per heavy atom. The zero-order chi connectivity index (χ0) is 11.4. The van der Waals surface area contributed by atoms with Crippen molar-refractivity contribution in [1.29, 1.82) is 0 Å². The third-order valence-electron chi connectivity index (χ3n) is 2.37. The van der Waals surface area contributed by atoms with Crippen molar-refractivity contribution in [3.05, 3.63) is 23.0 Å². The highest BCUT2D eigenvalue weighted by Crippen LogP contribution is 2.26. The molecule has 1 rings (SSSR count). The van der Waals surface area contributed by atoms with Gasteiger partial charge in [0.2, 0.25) is 0 Å². The van der Waals surface area contributed by atoms with Gasteiger partial charge < -0.3 is 10.2 Å². The molecule has 0 radical (unpaired) electrons. The smallest absolute Gasteiger partial charge is 0.139 e. The lowest BCUT2D eigenvalue weighted by Gasteiger charge is -2.11. The highest BCUT2D eigenvalue weighted by molar-refractivity contribution is 7.99. The molecular weight excluding hydrogens is 210 g/mol. The van der Waals surface area contributed by atoms with E-state index >= 15 is 0 Å². The Morgan fingerprint density at radius 1 is 1.47 bits per heavy atom. The van der Waals surface area contributed by atoms with Crippen molar-refractivity contribution in [2.24, 2.45) is 0 Å². The van der Waals surface area contributed by atoms with Crippen molar-refractivity contribution in [1.82, 2.24) is 4.98 Å². The predicted molar refractivity (Wildman–Crippen MR) is 63.2 cm³/mol. The Bertz CT molecular complexity index is 342. The largest absolute Gasteiger partial charge is 0.506 e. The molecule has 0 aromatic carbocycles. The Balaban J connectivity index is 2.74. The van der Waals surface area contributed by atoms with Crippen molar-refractivity contribution in [3.8, 4) is 5.75 Å². The van der Waals surface area contributed by atoms with Gasteiger partial charge in [0.25, 0.3) is 0 Å². The quantitative estimate of drug-likeness (QED) is 0.826. The van der Waals surface area contributed by atoms with Gasteiger partial charge in [0.05, 0.1) is 12.3 Å². The number of pyridine rings is 1. The van der Waals surface area contributed by atoms with Gasteiger partial charge in [-0.15, -0.1) is 0 Å². The van der Waals surface area contributed by atoms with Crippen molar-refractivity contribution >= 4 is 11.8 Å². The number of rotatable bonds is 4. The molecule has 0 aliphatic carbocycles. The molecule has 1 aromatic rings. The maximum atomic E-state index is 9.69. The van der Waals surface area contributed by atoms with Gasteiger partial charge in [-0.25, -0.2) is 0 Å². The summed E-state index contributed by atoms with van der Waals surface area (Å²) in [4.78, 5) is 4.12. The summed E-state index contributed by atoms with van der Waals surface area (Å²) in [6.07, 6.45) is 1.79. The van der Waals surface area contributed by atoms with E-state index in [1.807, 2.05) is 13.8 Å². The van der Waals surface area contributed by atoms with Gasteiger partial charge in [-0.3, -0.25) is 4.98 Å². The molecule has 1 unspecified atom stereocenters. The Hall–Kier alpha value is -0.740.